The Kier molecular flexibility index (Phi) is 21.1. The van der Waals surface area contributed by atoms with E-state index in [2.05, 4.69) is 108 Å². The number of rotatable bonds is 10. The van der Waals surface area contributed by atoms with E-state index >= 15 is 9.59 Å². The summed E-state index contributed by atoms with van der Waals surface area (Å²) < 4.78 is 13.9. The van der Waals surface area contributed by atoms with E-state index in [1.54, 1.807) is 48.5 Å². The van der Waals surface area contributed by atoms with E-state index in [1.165, 1.54) is 0 Å². The molecule has 0 bridgehead atoms. The molecule has 3 aliphatic rings. The number of nitrogens with one attached hydrogen (secondary N) is 2. The summed E-state index contributed by atoms with van der Waals surface area (Å²) >= 11 is 4.81. The summed E-state index contributed by atoms with van der Waals surface area (Å²) in [6.07, 6.45) is 2.58. The molecule has 2 aliphatic carbocycles. The van der Waals surface area contributed by atoms with Crippen molar-refractivity contribution in [3.8, 4) is 11.1 Å². The monoisotopic (exact) mass is 1210 g/mol. The molecule has 2 fully saturated rings. The predicted molar refractivity (Wildman–Crippen MR) is 341 cm³/mol. The molecule has 13 heteroatoms. The number of hydrogen-bond donors (Lipinski definition) is 2. The van der Waals surface area contributed by atoms with E-state index in [-0.39, 0.29) is 99.3 Å². The van der Waals surface area contributed by atoms with Crippen LogP contribution in [0.1, 0.15) is 159 Å². The fourth-order valence-electron chi connectivity index (χ4n) is 12.6. The molecule has 2 heterocycles. The molecule has 4 atom stereocenters. The van der Waals surface area contributed by atoms with Gasteiger partial charge in [-0.1, -0.05) is 236 Å². The molecule has 85 heavy (non-hydrogen) atoms. The van der Waals surface area contributed by atoms with Gasteiger partial charge in [-0.15, -0.1) is 0 Å². The molecule has 5 aromatic carbocycles. The second-order valence-corrected chi connectivity index (χ2v) is 28.1. The van der Waals surface area contributed by atoms with Crippen molar-refractivity contribution in [2.75, 3.05) is 5.32 Å². The first-order chi connectivity index (χ1) is 39.6. The molecule has 1 aromatic heterocycles. The van der Waals surface area contributed by atoms with E-state index in [9.17, 15) is 9.59 Å². The predicted octanol–water partition coefficient (Wildman–Crippen LogP) is 16.4. The van der Waals surface area contributed by atoms with Gasteiger partial charge in [0.15, 0.2) is 0 Å². The van der Waals surface area contributed by atoms with Crippen molar-refractivity contribution in [1.82, 2.24) is 10.3 Å². The number of carbonyl (C=O) groups is 4. The van der Waals surface area contributed by atoms with Crippen LogP contribution in [0.4, 0.5) is 11.6 Å². The smallest absolute Gasteiger partial charge is 0.780 e. The number of carbonyl (C=O) groups excluding carboxylic acids is 4. The summed E-state index contributed by atoms with van der Waals surface area (Å²) in [7, 11) is 0. The quantitative estimate of drug-likeness (QED) is 0.0782. The molecular weight excluding hydrogens is 1130 g/mol. The van der Waals surface area contributed by atoms with Crippen LogP contribution in [-0.2, 0) is 46.4 Å². The number of esters is 2. The SMILES string of the molecule is CC1CC(C(C)(C)C)C(OC(=O)C2=C(c3ccccc3)/C(=N/c3[n-]c(NC(=O)c4ccccc4)c(C(=O)OC4C(C(C)(C)C)CC(C)CC4C(C)(C)C)c3-c3ccccc3)N=C2NC(=O)c2ccccc2)C(C(C)(C)C)C1.[S-]c1ccccc1.[Zn+2]. The van der Waals surface area contributed by atoms with Crippen molar-refractivity contribution in [1.29, 1.82) is 0 Å². The van der Waals surface area contributed by atoms with Gasteiger partial charge in [-0.25, -0.2) is 14.6 Å². The first-order valence-corrected chi connectivity index (χ1v) is 30.1. The number of hydrogen-bond acceptors (Lipinski definition) is 8. The Bertz CT molecular complexity index is 3320. The Morgan fingerprint density at radius 2 is 0.882 bits per heavy atom. The fourth-order valence-corrected chi connectivity index (χ4v) is 12.7. The van der Waals surface area contributed by atoms with Gasteiger partial charge in [-0.2, -0.15) is 4.90 Å². The average molecular weight is 1210 g/mol. The maximum atomic E-state index is 15.7. The van der Waals surface area contributed by atoms with Crippen LogP contribution in [0.3, 0.4) is 0 Å². The van der Waals surface area contributed by atoms with Gasteiger partial charge in [0.25, 0.3) is 5.91 Å². The Hall–Kier alpha value is -6.82. The molecule has 0 radical (unpaired) electrons. The minimum Gasteiger partial charge on any atom is -0.780 e. The van der Waals surface area contributed by atoms with Gasteiger partial charge in [-0.3, -0.25) is 9.59 Å². The second kappa shape index (κ2) is 27.3. The number of ether oxygens (including phenoxy) is 2. The van der Waals surface area contributed by atoms with Crippen molar-refractivity contribution in [2.45, 2.75) is 140 Å². The van der Waals surface area contributed by atoms with Crippen LogP contribution in [0.15, 0.2) is 172 Å². The minimum absolute atomic E-state index is 0. The summed E-state index contributed by atoms with van der Waals surface area (Å²) in [4.78, 5) is 76.2. The Morgan fingerprint density at radius 1 is 0.518 bits per heavy atom. The van der Waals surface area contributed by atoms with Crippen LogP contribution in [0.25, 0.3) is 16.7 Å². The molecular formula is C72H85N5O6SZn. The summed E-state index contributed by atoms with van der Waals surface area (Å²) in [6, 6.07) is 45.8. The number of aromatic nitrogens is 1. The molecule has 0 saturated heterocycles. The number of anilines is 1. The molecule has 2 saturated carbocycles. The van der Waals surface area contributed by atoms with Crippen molar-refractivity contribution < 1.29 is 48.1 Å². The van der Waals surface area contributed by atoms with Crippen molar-refractivity contribution in [3.05, 3.63) is 179 Å². The third-order valence-corrected chi connectivity index (χ3v) is 17.3. The molecule has 0 spiro atoms. The first-order valence-electron chi connectivity index (χ1n) is 29.7. The molecule has 6 aromatic rings. The molecule has 9 rings (SSSR count). The van der Waals surface area contributed by atoms with E-state index in [0.29, 0.717) is 45.2 Å². The molecule has 11 nitrogen and oxygen atoms in total. The minimum atomic E-state index is -0.647. The fraction of sp³-hybridized carbons (Fsp3) is 0.417. The summed E-state index contributed by atoms with van der Waals surface area (Å²) in [5, 5.41) is 5.99. The van der Waals surface area contributed by atoms with Gasteiger partial charge >= 0.3 is 31.4 Å². The Labute approximate surface area is 523 Å². The summed E-state index contributed by atoms with van der Waals surface area (Å²) in [5.41, 5.74) is 1.75. The van der Waals surface area contributed by atoms with E-state index in [0.717, 1.165) is 30.6 Å². The maximum Gasteiger partial charge on any atom is 2.00 e. The van der Waals surface area contributed by atoms with Gasteiger partial charge in [0.2, 0.25) is 5.91 Å². The van der Waals surface area contributed by atoms with Crippen molar-refractivity contribution in [3.63, 3.8) is 0 Å². The van der Waals surface area contributed by atoms with Crippen LogP contribution in [0.5, 0.6) is 0 Å². The zero-order chi connectivity index (χ0) is 60.9. The number of amidine groups is 2. The van der Waals surface area contributed by atoms with Crippen LogP contribution >= 0.6 is 0 Å². The van der Waals surface area contributed by atoms with Gasteiger partial charge < -0.3 is 42.7 Å². The number of nitrogens with zero attached hydrogens (tertiary/aromatic N) is 3. The van der Waals surface area contributed by atoms with Crippen LogP contribution < -0.4 is 15.6 Å². The standard InChI is InChI=1S/C66H81N5O6.C6H6S.Zn/c1-39-35-45(63(3,4)5)53(46(36-39)64(6,7)8)76-61(74)51-49(41-27-19-15-20-28-41)55(68-57(51)70-59(72)43-31-23-17-24-32-43)67-56-50(42-29-21-16-22-30-42)52(58(69-56)71-60(73)44-33-25-18-26-34-44)62(75)77-54-47(65(9,10)11)37-40(2)38-48(54)66(12,13)14;7-6-4-2-1-3-5-6;/h15-34,39-40,45-48,53-54H,35-38H2,1-14H3,(H3,67,68,69,70,71,72,73,74,75);1-5,7H;/q;;+2/p-2. The van der Waals surface area contributed by atoms with Gasteiger partial charge in [-0.05, 0) is 82.4 Å². The number of benzene rings is 5. The molecule has 1 aliphatic heterocycles. The first kappa shape index (κ1) is 65.7. The van der Waals surface area contributed by atoms with Gasteiger partial charge in [0.05, 0.1) is 11.4 Å². The molecule has 4 unspecified atom stereocenters. The van der Waals surface area contributed by atoms with Crippen LogP contribution in [0.2, 0.25) is 0 Å². The molecule has 2 N–H and O–H groups in total. The van der Waals surface area contributed by atoms with Crippen molar-refractivity contribution in [2.24, 2.45) is 67.2 Å². The Balaban J connectivity index is 0.00000120. The van der Waals surface area contributed by atoms with Crippen molar-refractivity contribution >= 4 is 65.3 Å². The zero-order valence-electron chi connectivity index (χ0n) is 52.3. The number of aliphatic imine (C=N–C) groups is 2. The van der Waals surface area contributed by atoms with E-state index < -0.39 is 36.0 Å². The molecule has 442 valence electrons. The third-order valence-electron chi connectivity index (χ3n) is 17.0. The maximum absolute atomic E-state index is 15.7. The largest absolute Gasteiger partial charge is 2.00 e. The normalized spacial score (nSPS) is 22.2. The van der Waals surface area contributed by atoms with Crippen LogP contribution in [0, 0.1) is 57.2 Å². The van der Waals surface area contributed by atoms with Crippen LogP contribution in [-0.4, -0.2) is 47.6 Å². The summed E-state index contributed by atoms with van der Waals surface area (Å²) in [5.74, 6) is -1.34. The van der Waals surface area contributed by atoms with E-state index in [1.807, 2.05) is 103 Å². The topological polar surface area (TPSA) is 150 Å². The second-order valence-electron chi connectivity index (χ2n) is 27.6. The number of amides is 2. The van der Waals surface area contributed by atoms with Gasteiger partial charge in [0.1, 0.15) is 23.6 Å². The van der Waals surface area contributed by atoms with E-state index in [4.69, 9.17) is 37.1 Å². The Morgan fingerprint density at radius 3 is 1.27 bits per heavy atom. The average Bonchev–Trinajstić information content (AvgIpc) is 1.97. The van der Waals surface area contributed by atoms with Gasteiger partial charge in [0, 0.05) is 57.6 Å². The molecule has 2 amide bonds. The zero-order valence-corrected chi connectivity index (χ0v) is 56.1. The third kappa shape index (κ3) is 16.0. The summed E-state index contributed by atoms with van der Waals surface area (Å²) in [6.45, 7) is 31.0.